The zero-order valence-corrected chi connectivity index (χ0v) is 11.5. The minimum atomic E-state index is -2.88. The molecule has 0 bridgehead atoms. The number of hydrogen-bond acceptors (Lipinski definition) is 3. The molecule has 0 unspecified atom stereocenters. The Morgan fingerprint density at radius 1 is 1.19 bits per heavy atom. The van der Waals surface area contributed by atoms with Gasteiger partial charge in [-0.3, -0.25) is 14.5 Å². The third kappa shape index (κ3) is 2.36. The Bertz CT molecular complexity index is 503. The number of alkyl halides is 2. The molecule has 2 heterocycles. The zero-order valence-electron chi connectivity index (χ0n) is 11.5. The van der Waals surface area contributed by atoms with Crippen LogP contribution < -0.4 is 5.32 Å². The van der Waals surface area contributed by atoms with Gasteiger partial charge in [-0.05, 0) is 12.8 Å². The molecule has 21 heavy (non-hydrogen) atoms. The topological polar surface area (TPSA) is 69.7 Å². The number of carbonyl (C=O) groups is 3. The van der Waals surface area contributed by atoms with Crippen molar-refractivity contribution in [1.29, 1.82) is 0 Å². The number of nitrogens with one attached hydrogen (secondary N) is 1. The molecule has 2 saturated heterocycles. The van der Waals surface area contributed by atoms with Crippen LogP contribution in [0, 0.1) is 0 Å². The molecule has 0 atom stereocenters. The lowest BCUT2D eigenvalue weighted by Gasteiger charge is -2.21. The molecule has 3 fully saturated rings. The van der Waals surface area contributed by atoms with Gasteiger partial charge in [-0.15, -0.1) is 0 Å². The van der Waals surface area contributed by atoms with Crippen LogP contribution in [0.4, 0.5) is 13.6 Å². The van der Waals surface area contributed by atoms with Crippen molar-refractivity contribution in [3.63, 3.8) is 0 Å². The van der Waals surface area contributed by atoms with Crippen LogP contribution in [0.1, 0.15) is 32.1 Å². The number of nitrogens with zero attached hydrogens (tertiary/aromatic N) is 2. The highest BCUT2D eigenvalue weighted by Crippen LogP contribution is 2.35. The second-order valence-corrected chi connectivity index (χ2v) is 6.03. The first-order valence-corrected chi connectivity index (χ1v) is 7.13. The van der Waals surface area contributed by atoms with E-state index in [0.717, 1.165) is 22.6 Å². The van der Waals surface area contributed by atoms with Gasteiger partial charge in [-0.25, -0.2) is 13.6 Å². The minimum Gasteiger partial charge on any atom is -0.335 e. The van der Waals surface area contributed by atoms with E-state index in [1.165, 1.54) is 0 Å². The van der Waals surface area contributed by atoms with Crippen molar-refractivity contribution in [2.75, 3.05) is 19.6 Å². The van der Waals surface area contributed by atoms with Crippen molar-refractivity contribution in [1.82, 2.24) is 15.1 Å². The van der Waals surface area contributed by atoms with E-state index in [-0.39, 0.29) is 13.0 Å². The maximum atomic E-state index is 13.1. The van der Waals surface area contributed by atoms with Gasteiger partial charge in [0.1, 0.15) is 12.1 Å². The molecule has 0 aromatic heterocycles. The second kappa shape index (κ2) is 4.64. The molecule has 1 aliphatic carbocycles. The van der Waals surface area contributed by atoms with Gasteiger partial charge >= 0.3 is 6.03 Å². The summed E-state index contributed by atoms with van der Waals surface area (Å²) in [5, 5.41) is 2.66. The zero-order chi connectivity index (χ0) is 15.3. The van der Waals surface area contributed by atoms with Crippen LogP contribution in [0.2, 0.25) is 0 Å². The number of hydrogen-bond donors (Lipinski definition) is 1. The average molecular weight is 301 g/mol. The smallest absolute Gasteiger partial charge is 0.325 e. The third-order valence-electron chi connectivity index (χ3n) is 4.52. The highest BCUT2D eigenvalue weighted by atomic mass is 19.3. The van der Waals surface area contributed by atoms with Gasteiger partial charge in [-0.2, -0.15) is 0 Å². The number of imide groups is 1. The van der Waals surface area contributed by atoms with E-state index in [1.54, 1.807) is 0 Å². The lowest BCUT2D eigenvalue weighted by molar-refractivity contribution is -0.139. The largest absolute Gasteiger partial charge is 0.335 e. The first-order valence-electron chi connectivity index (χ1n) is 7.13. The predicted octanol–water partition coefficient (Wildman–Crippen LogP) is 0.719. The molecule has 0 radical (unpaired) electrons. The summed E-state index contributed by atoms with van der Waals surface area (Å²) in [5.74, 6) is -3.88. The van der Waals surface area contributed by atoms with Crippen molar-refractivity contribution in [2.24, 2.45) is 0 Å². The van der Waals surface area contributed by atoms with E-state index >= 15 is 0 Å². The summed E-state index contributed by atoms with van der Waals surface area (Å²) in [5.41, 5.74) is -0.869. The highest BCUT2D eigenvalue weighted by Gasteiger charge is 2.53. The summed E-state index contributed by atoms with van der Waals surface area (Å²) < 4.78 is 26.2. The standard InChI is InChI=1S/C13H17F2N3O3/c14-13(15)5-6-17(8-13)9(19)7-18-10(20)12(16-11(18)21)3-1-2-4-12/h1-8H2,(H,16,21). The van der Waals surface area contributed by atoms with Gasteiger partial charge in [0.25, 0.3) is 11.8 Å². The fourth-order valence-corrected chi connectivity index (χ4v) is 3.32. The van der Waals surface area contributed by atoms with E-state index in [4.69, 9.17) is 0 Å². The Kier molecular flexibility index (Phi) is 3.14. The normalized spacial score (nSPS) is 26.8. The molecule has 1 N–H and O–H groups in total. The molecule has 0 aromatic carbocycles. The summed E-state index contributed by atoms with van der Waals surface area (Å²) >= 11 is 0. The number of likely N-dealkylation sites (tertiary alicyclic amines) is 1. The summed E-state index contributed by atoms with van der Waals surface area (Å²) in [6.07, 6.45) is 2.48. The van der Waals surface area contributed by atoms with Gasteiger partial charge in [0, 0.05) is 13.0 Å². The van der Waals surface area contributed by atoms with Crippen molar-refractivity contribution in [2.45, 2.75) is 43.6 Å². The summed E-state index contributed by atoms with van der Waals surface area (Å²) in [7, 11) is 0. The SMILES string of the molecule is O=C(CN1C(=O)NC2(CCCC2)C1=O)N1CCC(F)(F)C1. The van der Waals surface area contributed by atoms with Crippen molar-refractivity contribution in [3.05, 3.63) is 0 Å². The van der Waals surface area contributed by atoms with Crippen molar-refractivity contribution < 1.29 is 23.2 Å². The van der Waals surface area contributed by atoms with Crippen LogP contribution in [-0.2, 0) is 9.59 Å². The van der Waals surface area contributed by atoms with E-state index in [0.29, 0.717) is 12.8 Å². The molecular weight excluding hydrogens is 284 g/mol. The Morgan fingerprint density at radius 3 is 2.43 bits per heavy atom. The second-order valence-electron chi connectivity index (χ2n) is 6.03. The van der Waals surface area contributed by atoms with Crippen LogP contribution in [0.5, 0.6) is 0 Å². The molecule has 2 aliphatic heterocycles. The first kappa shape index (κ1) is 14.2. The fourth-order valence-electron chi connectivity index (χ4n) is 3.32. The molecule has 0 aromatic rings. The van der Waals surface area contributed by atoms with Gasteiger partial charge in [-0.1, -0.05) is 12.8 Å². The Labute approximate surface area is 120 Å². The fraction of sp³-hybridized carbons (Fsp3) is 0.769. The Balaban J connectivity index is 1.66. The van der Waals surface area contributed by atoms with Crippen LogP contribution in [0.15, 0.2) is 0 Å². The lowest BCUT2D eigenvalue weighted by Crippen LogP contribution is -2.46. The minimum absolute atomic E-state index is 0.0410. The van der Waals surface area contributed by atoms with Crippen LogP contribution in [0.25, 0.3) is 0 Å². The molecule has 1 saturated carbocycles. The van der Waals surface area contributed by atoms with Gasteiger partial charge in [0.15, 0.2) is 0 Å². The van der Waals surface area contributed by atoms with E-state index in [1.807, 2.05) is 0 Å². The molecule has 4 amide bonds. The molecule has 6 nitrogen and oxygen atoms in total. The number of carbonyl (C=O) groups excluding carboxylic acids is 3. The van der Waals surface area contributed by atoms with Crippen molar-refractivity contribution >= 4 is 17.8 Å². The molecular formula is C13H17F2N3O3. The van der Waals surface area contributed by atoms with Crippen LogP contribution >= 0.6 is 0 Å². The van der Waals surface area contributed by atoms with Crippen molar-refractivity contribution in [3.8, 4) is 0 Å². The van der Waals surface area contributed by atoms with E-state index in [9.17, 15) is 23.2 Å². The third-order valence-corrected chi connectivity index (χ3v) is 4.52. The average Bonchev–Trinajstić information content (AvgIpc) is 3.06. The van der Waals surface area contributed by atoms with Gasteiger partial charge < -0.3 is 10.2 Å². The summed E-state index contributed by atoms with van der Waals surface area (Å²) in [6.45, 7) is -1.14. The molecule has 116 valence electrons. The summed E-state index contributed by atoms with van der Waals surface area (Å²) in [6, 6.07) is -0.596. The quantitative estimate of drug-likeness (QED) is 0.764. The number of rotatable bonds is 2. The summed E-state index contributed by atoms with van der Waals surface area (Å²) in [4.78, 5) is 38.1. The van der Waals surface area contributed by atoms with Gasteiger partial charge in [0.2, 0.25) is 5.91 Å². The first-order chi connectivity index (χ1) is 9.83. The Morgan fingerprint density at radius 2 is 1.86 bits per heavy atom. The molecule has 3 rings (SSSR count). The molecule has 8 heteroatoms. The predicted molar refractivity (Wildman–Crippen MR) is 67.6 cm³/mol. The lowest BCUT2D eigenvalue weighted by atomic mass is 9.98. The van der Waals surface area contributed by atoms with E-state index in [2.05, 4.69) is 5.32 Å². The number of halogens is 2. The maximum absolute atomic E-state index is 13.1. The number of urea groups is 1. The van der Waals surface area contributed by atoms with Gasteiger partial charge in [0.05, 0.1) is 6.54 Å². The molecule has 1 spiro atoms. The number of amides is 4. The monoisotopic (exact) mass is 301 g/mol. The highest BCUT2D eigenvalue weighted by molar-refractivity contribution is 6.09. The van der Waals surface area contributed by atoms with Crippen LogP contribution in [-0.4, -0.2) is 58.7 Å². The van der Waals surface area contributed by atoms with Crippen LogP contribution in [0.3, 0.4) is 0 Å². The van der Waals surface area contributed by atoms with E-state index < -0.39 is 42.4 Å². The molecule has 3 aliphatic rings. The Hall–Kier alpha value is -1.73. The maximum Gasteiger partial charge on any atom is 0.325 e.